The van der Waals surface area contributed by atoms with E-state index in [1.54, 1.807) is 12.4 Å². The smallest absolute Gasteiger partial charge is 0.225 e. The number of benzene rings is 1. The van der Waals surface area contributed by atoms with Crippen molar-refractivity contribution >= 4 is 11.8 Å². The lowest BCUT2D eigenvalue weighted by atomic mass is 10.2. The first-order valence-electron chi connectivity index (χ1n) is 8.19. The summed E-state index contributed by atoms with van der Waals surface area (Å²) in [7, 11) is 0. The van der Waals surface area contributed by atoms with E-state index in [-0.39, 0.29) is 12.6 Å². The molecule has 0 bridgehead atoms. The largest absolute Gasteiger partial charge is 0.394 e. The molecule has 0 aliphatic carbocycles. The lowest BCUT2D eigenvalue weighted by Crippen LogP contribution is -2.21. The molecule has 1 atom stereocenters. The van der Waals surface area contributed by atoms with Gasteiger partial charge in [0.05, 0.1) is 12.3 Å². The van der Waals surface area contributed by atoms with Crippen LogP contribution in [0.5, 0.6) is 0 Å². The van der Waals surface area contributed by atoms with Crippen LogP contribution in [0.4, 0.5) is 11.8 Å². The number of hydrogen-bond acceptors (Lipinski definition) is 6. The van der Waals surface area contributed by atoms with Crippen LogP contribution in [0.15, 0.2) is 60.9 Å². The molecule has 25 heavy (non-hydrogen) atoms. The van der Waals surface area contributed by atoms with Crippen molar-refractivity contribution in [2.24, 2.45) is 0 Å². The van der Waals surface area contributed by atoms with Gasteiger partial charge < -0.3 is 15.7 Å². The normalized spacial score (nSPS) is 11.8. The Kier molecular flexibility index (Phi) is 5.53. The van der Waals surface area contributed by atoms with Gasteiger partial charge in [-0.25, -0.2) is 4.98 Å². The minimum Gasteiger partial charge on any atom is -0.394 e. The molecule has 6 heteroatoms. The van der Waals surface area contributed by atoms with E-state index in [4.69, 9.17) is 0 Å². The molecule has 0 radical (unpaired) electrons. The fourth-order valence-corrected chi connectivity index (χ4v) is 2.32. The number of hydrogen-bond donors (Lipinski definition) is 3. The molecule has 6 nitrogen and oxygen atoms in total. The van der Waals surface area contributed by atoms with E-state index in [9.17, 15) is 5.11 Å². The molecule has 0 spiro atoms. The van der Waals surface area contributed by atoms with Gasteiger partial charge in [-0.1, -0.05) is 30.3 Å². The molecule has 0 saturated carbocycles. The topological polar surface area (TPSA) is 83.0 Å². The molecule has 2 heterocycles. The third-order valence-corrected chi connectivity index (χ3v) is 3.65. The van der Waals surface area contributed by atoms with Gasteiger partial charge in [-0.2, -0.15) is 4.98 Å². The summed E-state index contributed by atoms with van der Waals surface area (Å²) < 4.78 is 0. The maximum absolute atomic E-state index is 9.26. The highest BCUT2D eigenvalue weighted by atomic mass is 16.3. The molecule has 3 N–H and O–H groups in total. The summed E-state index contributed by atoms with van der Waals surface area (Å²) in [6.45, 7) is 2.55. The lowest BCUT2D eigenvalue weighted by Gasteiger charge is -2.14. The van der Waals surface area contributed by atoms with Crippen LogP contribution < -0.4 is 10.6 Å². The maximum atomic E-state index is 9.26. The maximum Gasteiger partial charge on any atom is 0.225 e. The average Bonchev–Trinajstić information content (AvgIpc) is 2.67. The summed E-state index contributed by atoms with van der Waals surface area (Å²) in [5.74, 6) is 1.18. The van der Waals surface area contributed by atoms with Gasteiger partial charge in [-0.3, -0.25) is 4.98 Å². The van der Waals surface area contributed by atoms with Crippen LogP contribution in [0.25, 0.3) is 11.3 Å². The van der Waals surface area contributed by atoms with E-state index in [0.29, 0.717) is 18.3 Å². The van der Waals surface area contributed by atoms with Crippen LogP contribution in [0, 0.1) is 0 Å². The highest BCUT2D eigenvalue weighted by molar-refractivity contribution is 5.63. The Morgan fingerprint density at radius 1 is 1.08 bits per heavy atom. The minimum absolute atomic E-state index is 0.00720. The zero-order chi connectivity index (χ0) is 17.5. The molecule has 0 aliphatic rings. The zero-order valence-electron chi connectivity index (χ0n) is 14.1. The van der Waals surface area contributed by atoms with Gasteiger partial charge in [0.2, 0.25) is 5.95 Å². The van der Waals surface area contributed by atoms with E-state index >= 15 is 0 Å². The quantitative estimate of drug-likeness (QED) is 0.616. The third kappa shape index (κ3) is 4.74. The van der Waals surface area contributed by atoms with Crippen molar-refractivity contribution in [2.75, 3.05) is 17.2 Å². The number of nitrogens with one attached hydrogen (secondary N) is 2. The third-order valence-electron chi connectivity index (χ3n) is 3.65. The van der Waals surface area contributed by atoms with Crippen molar-refractivity contribution in [3.8, 4) is 11.3 Å². The number of aliphatic hydroxyl groups is 1. The van der Waals surface area contributed by atoms with Gasteiger partial charge in [-0.05, 0) is 24.6 Å². The highest BCUT2D eigenvalue weighted by Crippen LogP contribution is 2.21. The molecular weight excluding hydrogens is 314 g/mol. The standard InChI is InChI=1S/C19H21N5O/c1-14(13-25)22-19-23-17(16-8-5-9-20-12-16)10-18(24-19)21-11-15-6-3-2-4-7-15/h2-10,12,14,25H,11,13H2,1H3,(H2,21,22,23,24)/t14-/m1/s1. The highest BCUT2D eigenvalue weighted by Gasteiger charge is 2.09. The molecule has 0 amide bonds. The van der Waals surface area contributed by atoms with Crippen molar-refractivity contribution < 1.29 is 5.11 Å². The van der Waals surface area contributed by atoms with Crippen LogP contribution in [0.3, 0.4) is 0 Å². The van der Waals surface area contributed by atoms with Gasteiger partial charge in [0, 0.05) is 36.6 Å². The van der Waals surface area contributed by atoms with Gasteiger partial charge >= 0.3 is 0 Å². The lowest BCUT2D eigenvalue weighted by molar-refractivity contribution is 0.281. The summed E-state index contributed by atoms with van der Waals surface area (Å²) in [6, 6.07) is 15.7. The van der Waals surface area contributed by atoms with Crippen LogP contribution in [-0.2, 0) is 6.54 Å². The second-order valence-electron chi connectivity index (χ2n) is 5.77. The van der Waals surface area contributed by atoms with Crippen LogP contribution in [0.2, 0.25) is 0 Å². The van der Waals surface area contributed by atoms with Gasteiger partial charge in [0.1, 0.15) is 5.82 Å². The van der Waals surface area contributed by atoms with E-state index in [2.05, 4.69) is 37.7 Å². The SMILES string of the molecule is C[C@H](CO)Nc1nc(NCc2ccccc2)cc(-c2cccnc2)n1. The molecule has 128 valence electrons. The second kappa shape index (κ2) is 8.21. The molecule has 0 saturated heterocycles. The van der Waals surface area contributed by atoms with E-state index < -0.39 is 0 Å². The second-order valence-corrected chi connectivity index (χ2v) is 5.77. The Labute approximate surface area is 147 Å². The van der Waals surface area contributed by atoms with Crippen molar-refractivity contribution in [1.29, 1.82) is 0 Å². The summed E-state index contributed by atoms with van der Waals surface area (Å²) in [4.78, 5) is 13.2. The molecule has 1 aromatic carbocycles. The first-order valence-corrected chi connectivity index (χ1v) is 8.19. The number of anilines is 2. The Hall–Kier alpha value is -2.99. The Morgan fingerprint density at radius 3 is 2.64 bits per heavy atom. The minimum atomic E-state index is -0.133. The summed E-state index contributed by atoms with van der Waals surface area (Å²) in [5.41, 5.74) is 2.85. The number of pyridine rings is 1. The summed E-state index contributed by atoms with van der Waals surface area (Å²) in [6.07, 6.45) is 3.49. The van der Waals surface area contributed by atoms with Crippen molar-refractivity contribution in [1.82, 2.24) is 15.0 Å². The van der Waals surface area contributed by atoms with Crippen LogP contribution in [-0.4, -0.2) is 32.7 Å². The Balaban J connectivity index is 1.86. The zero-order valence-corrected chi connectivity index (χ0v) is 14.1. The van der Waals surface area contributed by atoms with Crippen LogP contribution >= 0.6 is 0 Å². The van der Waals surface area contributed by atoms with E-state index in [0.717, 1.165) is 11.3 Å². The molecule has 0 unspecified atom stereocenters. The van der Waals surface area contributed by atoms with E-state index in [1.165, 1.54) is 5.56 Å². The predicted octanol–water partition coefficient (Wildman–Crippen LogP) is 2.94. The van der Waals surface area contributed by atoms with Crippen molar-refractivity contribution in [2.45, 2.75) is 19.5 Å². The van der Waals surface area contributed by atoms with Crippen molar-refractivity contribution in [3.63, 3.8) is 0 Å². The first-order chi connectivity index (χ1) is 12.2. The van der Waals surface area contributed by atoms with Gasteiger partial charge in [-0.15, -0.1) is 0 Å². The fourth-order valence-electron chi connectivity index (χ4n) is 2.32. The first kappa shape index (κ1) is 16.9. The monoisotopic (exact) mass is 335 g/mol. The molecular formula is C19H21N5O. The summed E-state index contributed by atoms with van der Waals surface area (Å²) in [5, 5.41) is 15.7. The van der Waals surface area contributed by atoms with Crippen LogP contribution in [0.1, 0.15) is 12.5 Å². The molecule has 0 aliphatic heterocycles. The molecule has 3 aromatic rings. The molecule has 2 aromatic heterocycles. The number of aromatic nitrogens is 3. The summed E-state index contributed by atoms with van der Waals surface area (Å²) >= 11 is 0. The number of aliphatic hydroxyl groups excluding tert-OH is 1. The van der Waals surface area contributed by atoms with Crippen molar-refractivity contribution in [3.05, 3.63) is 66.5 Å². The Morgan fingerprint density at radius 2 is 1.92 bits per heavy atom. The van der Waals surface area contributed by atoms with E-state index in [1.807, 2.05) is 43.3 Å². The number of nitrogens with zero attached hydrogens (tertiary/aromatic N) is 3. The number of rotatable bonds is 7. The fraction of sp³-hybridized carbons (Fsp3) is 0.211. The Bertz CT molecular complexity index is 795. The molecule has 3 rings (SSSR count). The predicted molar refractivity (Wildman–Crippen MR) is 99.2 cm³/mol. The van der Waals surface area contributed by atoms with Gasteiger partial charge in [0.15, 0.2) is 0 Å². The average molecular weight is 335 g/mol. The van der Waals surface area contributed by atoms with Gasteiger partial charge in [0.25, 0.3) is 0 Å². The molecule has 0 fully saturated rings.